The van der Waals surface area contributed by atoms with Gasteiger partial charge >= 0.3 is 0 Å². The van der Waals surface area contributed by atoms with Crippen LogP contribution in [0.1, 0.15) is 24.2 Å². The number of hydrogen-bond donors (Lipinski definition) is 0. The topological polar surface area (TPSA) is 40.6 Å². The van der Waals surface area contributed by atoms with Crippen molar-refractivity contribution in [2.45, 2.75) is 13.8 Å². The molecule has 4 nitrogen and oxygen atoms in total. The Morgan fingerprint density at radius 3 is 2.47 bits per heavy atom. The normalized spacial score (nSPS) is 10.1. The smallest absolute Gasteiger partial charge is 0.242 e. The summed E-state index contributed by atoms with van der Waals surface area (Å²) in [5.74, 6) is 0.0318. The molecule has 0 saturated heterocycles. The molecule has 0 saturated carbocycles. The Labute approximate surface area is 118 Å². The molecule has 104 valence electrons. The summed E-state index contributed by atoms with van der Waals surface area (Å²) in [5, 5.41) is 0.544. The minimum absolute atomic E-state index is 0.0318. The number of amides is 1. The Balaban J connectivity index is 2.88. The van der Waals surface area contributed by atoms with Gasteiger partial charge in [0.05, 0.1) is 6.54 Å². The van der Waals surface area contributed by atoms with Gasteiger partial charge in [0.2, 0.25) is 5.91 Å². The van der Waals surface area contributed by atoms with Crippen LogP contribution in [0, 0.1) is 0 Å². The maximum Gasteiger partial charge on any atom is 0.242 e. The number of likely N-dealkylation sites (N-methyl/N-ethyl adjacent to an activating group) is 2. The highest BCUT2D eigenvalue weighted by Crippen LogP contribution is 2.22. The molecule has 1 aromatic carbocycles. The van der Waals surface area contributed by atoms with Crippen molar-refractivity contribution < 1.29 is 9.59 Å². The summed E-state index contributed by atoms with van der Waals surface area (Å²) in [6.45, 7) is 5.47. The van der Waals surface area contributed by atoms with E-state index in [4.69, 9.17) is 11.6 Å². The molecular weight excluding hydrogens is 264 g/mol. The van der Waals surface area contributed by atoms with Crippen molar-refractivity contribution in [1.82, 2.24) is 4.90 Å². The molecule has 1 rings (SSSR count). The van der Waals surface area contributed by atoms with Crippen LogP contribution in [-0.4, -0.2) is 43.8 Å². The number of carbonyl (C=O) groups excluding carboxylic acids is 2. The number of halogens is 1. The fourth-order valence-electron chi connectivity index (χ4n) is 1.91. The van der Waals surface area contributed by atoms with E-state index in [1.54, 1.807) is 35.0 Å². The van der Waals surface area contributed by atoms with Crippen molar-refractivity contribution in [2.75, 3.05) is 31.6 Å². The van der Waals surface area contributed by atoms with E-state index in [1.807, 2.05) is 13.8 Å². The zero-order valence-corrected chi connectivity index (χ0v) is 12.3. The number of aldehydes is 1. The Hall–Kier alpha value is -1.55. The van der Waals surface area contributed by atoms with Gasteiger partial charge in [0.25, 0.3) is 0 Å². The Kier molecular flexibility index (Phi) is 5.83. The SMILES string of the molecule is CCN(CC)C(=O)CN(C)c1cc(Cl)ccc1C=O. The molecule has 0 atom stereocenters. The van der Waals surface area contributed by atoms with E-state index in [9.17, 15) is 9.59 Å². The van der Waals surface area contributed by atoms with E-state index in [0.717, 1.165) is 6.29 Å². The van der Waals surface area contributed by atoms with Gasteiger partial charge in [-0.25, -0.2) is 0 Å². The lowest BCUT2D eigenvalue weighted by Gasteiger charge is -2.25. The lowest BCUT2D eigenvalue weighted by molar-refractivity contribution is -0.129. The Bertz CT molecular complexity index is 459. The zero-order valence-electron chi connectivity index (χ0n) is 11.5. The van der Waals surface area contributed by atoms with Crippen LogP contribution < -0.4 is 4.90 Å². The van der Waals surface area contributed by atoms with Gasteiger partial charge in [-0.2, -0.15) is 0 Å². The molecule has 0 unspecified atom stereocenters. The largest absolute Gasteiger partial charge is 0.365 e. The molecule has 0 N–H and O–H groups in total. The zero-order chi connectivity index (χ0) is 14.4. The summed E-state index contributed by atoms with van der Waals surface area (Å²) in [6, 6.07) is 5.01. The molecular formula is C14H19ClN2O2. The van der Waals surface area contributed by atoms with E-state index in [1.165, 1.54) is 0 Å². The number of rotatable bonds is 6. The highest BCUT2D eigenvalue weighted by atomic mass is 35.5. The van der Waals surface area contributed by atoms with Gasteiger partial charge in [0, 0.05) is 36.4 Å². The molecule has 1 aromatic rings. The van der Waals surface area contributed by atoms with E-state index < -0.39 is 0 Å². The molecule has 19 heavy (non-hydrogen) atoms. The summed E-state index contributed by atoms with van der Waals surface area (Å²) in [7, 11) is 1.78. The highest BCUT2D eigenvalue weighted by Gasteiger charge is 2.15. The molecule has 0 aromatic heterocycles. The van der Waals surface area contributed by atoms with Crippen LogP contribution in [0.4, 0.5) is 5.69 Å². The van der Waals surface area contributed by atoms with Crippen LogP contribution in [0.25, 0.3) is 0 Å². The van der Waals surface area contributed by atoms with Gasteiger partial charge < -0.3 is 9.80 Å². The predicted molar refractivity (Wildman–Crippen MR) is 78.0 cm³/mol. The van der Waals surface area contributed by atoms with Crippen molar-refractivity contribution in [2.24, 2.45) is 0 Å². The maximum atomic E-state index is 12.0. The second-order valence-electron chi connectivity index (χ2n) is 4.24. The van der Waals surface area contributed by atoms with Gasteiger partial charge in [0.1, 0.15) is 0 Å². The quantitative estimate of drug-likeness (QED) is 0.753. The fourth-order valence-corrected chi connectivity index (χ4v) is 2.08. The van der Waals surface area contributed by atoms with Crippen LogP contribution in [0.5, 0.6) is 0 Å². The first-order chi connectivity index (χ1) is 9.03. The monoisotopic (exact) mass is 282 g/mol. The second kappa shape index (κ2) is 7.14. The van der Waals surface area contributed by atoms with Crippen molar-refractivity contribution in [1.29, 1.82) is 0 Å². The van der Waals surface area contributed by atoms with Crippen molar-refractivity contribution >= 4 is 29.5 Å². The van der Waals surface area contributed by atoms with Gasteiger partial charge in [-0.3, -0.25) is 9.59 Å². The van der Waals surface area contributed by atoms with E-state index >= 15 is 0 Å². The van der Waals surface area contributed by atoms with Gasteiger partial charge in [-0.05, 0) is 32.0 Å². The minimum atomic E-state index is 0.0318. The minimum Gasteiger partial charge on any atom is -0.365 e. The molecule has 0 aliphatic rings. The summed E-state index contributed by atoms with van der Waals surface area (Å²) in [6.07, 6.45) is 0.768. The molecule has 0 fully saturated rings. The summed E-state index contributed by atoms with van der Waals surface area (Å²) in [5.41, 5.74) is 1.20. The Morgan fingerprint density at radius 1 is 1.32 bits per heavy atom. The first-order valence-electron chi connectivity index (χ1n) is 6.27. The van der Waals surface area contributed by atoms with Crippen LogP contribution in [-0.2, 0) is 4.79 Å². The first kappa shape index (κ1) is 15.5. The molecule has 0 heterocycles. The predicted octanol–water partition coefficient (Wildman–Crippen LogP) is 2.46. The van der Waals surface area contributed by atoms with Crippen LogP contribution in [0.2, 0.25) is 5.02 Å². The number of carbonyl (C=O) groups is 2. The van der Waals surface area contributed by atoms with Crippen LogP contribution in [0.15, 0.2) is 18.2 Å². The average Bonchev–Trinajstić information content (AvgIpc) is 2.40. The van der Waals surface area contributed by atoms with E-state index in [-0.39, 0.29) is 12.5 Å². The lowest BCUT2D eigenvalue weighted by atomic mass is 10.2. The molecule has 0 aliphatic carbocycles. The number of nitrogens with zero attached hydrogens (tertiary/aromatic N) is 2. The van der Waals surface area contributed by atoms with Crippen LogP contribution >= 0.6 is 11.6 Å². The number of anilines is 1. The van der Waals surface area contributed by atoms with Crippen LogP contribution in [0.3, 0.4) is 0 Å². The average molecular weight is 283 g/mol. The molecule has 0 radical (unpaired) electrons. The lowest BCUT2D eigenvalue weighted by Crippen LogP contribution is -2.39. The second-order valence-corrected chi connectivity index (χ2v) is 4.68. The van der Waals surface area contributed by atoms with E-state index in [2.05, 4.69) is 0 Å². The molecule has 1 amide bonds. The molecule has 0 bridgehead atoms. The highest BCUT2D eigenvalue weighted by molar-refractivity contribution is 6.31. The third kappa shape index (κ3) is 3.96. The van der Waals surface area contributed by atoms with Gasteiger partial charge in [-0.15, -0.1) is 0 Å². The maximum absolute atomic E-state index is 12.0. The fraction of sp³-hybridized carbons (Fsp3) is 0.429. The third-order valence-electron chi connectivity index (χ3n) is 3.02. The van der Waals surface area contributed by atoms with Crippen molar-refractivity contribution in [3.8, 4) is 0 Å². The summed E-state index contributed by atoms with van der Waals surface area (Å²) >= 11 is 5.93. The van der Waals surface area contributed by atoms with E-state index in [0.29, 0.717) is 29.4 Å². The number of benzene rings is 1. The van der Waals surface area contributed by atoms with Gasteiger partial charge in [0.15, 0.2) is 6.29 Å². The molecule has 0 aliphatic heterocycles. The van der Waals surface area contributed by atoms with Gasteiger partial charge in [-0.1, -0.05) is 11.6 Å². The first-order valence-corrected chi connectivity index (χ1v) is 6.64. The van der Waals surface area contributed by atoms with Crippen molar-refractivity contribution in [3.05, 3.63) is 28.8 Å². The number of hydrogen-bond acceptors (Lipinski definition) is 3. The standard InChI is InChI=1S/C14H19ClN2O2/c1-4-17(5-2)14(19)9-16(3)13-8-12(15)7-6-11(13)10-18/h6-8,10H,4-5,9H2,1-3H3. The Morgan fingerprint density at radius 2 is 1.95 bits per heavy atom. The summed E-state index contributed by atoms with van der Waals surface area (Å²) < 4.78 is 0. The summed E-state index contributed by atoms with van der Waals surface area (Å²) in [4.78, 5) is 26.5. The van der Waals surface area contributed by atoms with Crippen molar-refractivity contribution in [3.63, 3.8) is 0 Å². The molecule has 0 spiro atoms. The molecule has 5 heteroatoms. The third-order valence-corrected chi connectivity index (χ3v) is 3.25.